The van der Waals surface area contributed by atoms with Gasteiger partial charge in [0, 0.05) is 0 Å². The molecule has 3 fully saturated rings. The molecule has 0 saturated heterocycles. The van der Waals surface area contributed by atoms with Crippen LogP contribution in [-0.4, -0.2) is 24.2 Å². The van der Waals surface area contributed by atoms with Crippen molar-refractivity contribution >= 4 is 5.97 Å². The Morgan fingerprint density at radius 2 is 2.20 bits per heavy atom. The van der Waals surface area contributed by atoms with Gasteiger partial charge in [0.2, 0.25) is 0 Å². The van der Waals surface area contributed by atoms with Crippen LogP contribution in [-0.2, 0) is 4.79 Å². The fourth-order valence-electron chi connectivity index (χ4n) is 3.57. The Morgan fingerprint density at radius 1 is 1.47 bits per heavy atom. The van der Waals surface area contributed by atoms with E-state index in [9.17, 15) is 4.79 Å². The molecule has 0 heterocycles. The first-order valence-corrected chi connectivity index (χ1v) is 5.94. The molecular weight excluding hydrogens is 190 g/mol. The van der Waals surface area contributed by atoms with Crippen LogP contribution in [0.5, 0.6) is 0 Å². The van der Waals surface area contributed by atoms with Gasteiger partial charge in [0.25, 0.3) is 0 Å². The van der Waals surface area contributed by atoms with E-state index in [1.165, 1.54) is 19.3 Å². The van der Waals surface area contributed by atoms with Gasteiger partial charge in [-0.2, -0.15) is 0 Å². The van der Waals surface area contributed by atoms with Crippen LogP contribution in [0.4, 0.5) is 0 Å². The molecule has 0 aromatic rings. The van der Waals surface area contributed by atoms with Gasteiger partial charge in [0.05, 0.1) is 6.54 Å². The number of rotatable bonds is 4. The molecule has 2 bridgehead atoms. The van der Waals surface area contributed by atoms with E-state index in [0.29, 0.717) is 11.3 Å². The lowest BCUT2D eigenvalue weighted by atomic mass is 9.45. The van der Waals surface area contributed by atoms with Gasteiger partial charge in [0.15, 0.2) is 0 Å². The second-order valence-electron chi connectivity index (χ2n) is 5.72. The van der Waals surface area contributed by atoms with Gasteiger partial charge in [-0.25, -0.2) is 0 Å². The van der Waals surface area contributed by atoms with Crippen molar-refractivity contribution in [1.29, 1.82) is 0 Å². The van der Waals surface area contributed by atoms with E-state index in [1.54, 1.807) is 0 Å². The van der Waals surface area contributed by atoms with Gasteiger partial charge in [-0.15, -0.1) is 0 Å². The lowest BCUT2D eigenvalue weighted by Gasteiger charge is -2.60. The summed E-state index contributed by atoms with van der Waals surface area (Å²) in [7, 11) is 0. The van der Waals surface area contributed by atoms with Gasteiger partial charge in [-0.1, -0.05) is 13.8 Å². The first kappa shape index (κ1) is 10.9. The van der Waals surface area contributed by atoms with Crippen molar-refractivity contribution in [2.24, 2.45) is 23.2 Å². The fourth-order valence-corrected chi connectivity index (χ4v) is 3.57. The van der Waals surface area contributed by atoms with Gasteiger partial charge in [-0.3, -0.25) is 4.79 Å². The Balaban J connectivity index is 1.81. The van der Waals surface area contributed by atoms with E-state index in [1.807, 2.05) is 0 Å². The molecule has 0 amide bonds. The van der Waals surface area contributed by atoms with Crippen molar-refractivity contribution < 1.29 is 9.90 Å². The molecule has 3 aliphatic carbocycles. The van der Waals surface area contributed by atoms with Gasteiger partial charge < -0.3 is 10.4 Å². The van der Waals surface area contributed by atoms with Crippen molar-refractivity contribution in [3.05, 3.63) is 0 Å². The van der Waals surface area contributed by atoms with E-state index in [0.717, 1.165) is 18.4 Å². The first-order valence-electron chi connectivity index (χ1n) is 5.94. The minimum absolute atomic E-state index is 0.104. The van der Waals surface area contributed by atoms with Gasteiger partial charge in [-0.05, 0) is 49.0 Å². The molecule has 3 heteroatoms. The molecular formula is C12H21NO2. The zero-order valence-corrected chi connectivity index (χ0v) is 9.62. The lowest BCUT2D eigenvalue weighted by molar-refractivity contribution is -0.136. The number of carboxylic acid groups (broad SMARTS) is 1. The number of aliphatic carboxylic acids is 1. The largest absolute Gasteiger partial charge is 0.480 e. The van der Waals surface area contributed by atoms with E-state index in [2.05, 4.69) is 19.2 Å². The Hall–Kier alpha value is -0.570. The summed E-state index contributed by atoms with van der Waals surface area (Å²) in [4.78, 5) is 10.4. The van der Waals surface area contributed by atoms with E-state index < -0.39 is 5.97 Å². The molecule has 0 aromatic carbocycles. The highest BCUT2D eigenvalue weighted by atomic mass is 16.4. The normalized spacial score (nSPS) is 37.1. The molecule has 0 aromatic heterocycles. The summed E-state index contributed by atoms with van der Waals surface area (Å²) < 4.78 is 0. The average molecular weight is 211 g/mol. The smallest absolute Gasteiger partial charge is 0.317 e. The number of hydrogen-bond donors (Lipinski definition) is 2. The number of nitrogens with one attached hydrogen (secondary N) is 1. The zero-order chi connectivity index (χ0) is 11.1. The van der Waals surface area contributed by atoms with Crippen LogP contribution < -0.4 is 5.32 Å². The third-order valence-corrected chi connectivity index (χ3v) is 4.68. The Labute approximate surface area is 91.2 Å². The van der Waals surface area contributed by atoms with E-state index >= 15 is 0 Å². The highest BCUT2D eigenvalue weighted by Gasteiger charge is 2.53. The maximum atomic E-state index is 10.4. The Bertz CT molecular complexity index is 260. The molecule has 3 unspecified atom stereocenters. The van der Waals surface area contributed by atoms with Crippen LogP contribution >= 0.6 is 0 Å². The van der Waals surface area contributed by atoms with Crippen LogP contribution in [0.1, 0.15) is 33.1 Å². The second kappa shape index (κ2) is 3.78. The van der Waals surface area contributed by atoms with Crippen LogP contribution in [0.3, 0.4) is 0 Å². The molecule has 3 aliphatic rings. The Kier molecular flexibility index (Phi) is 2.75. The molecule has 3 nitrogen and oxygen atoms in total. The van der Waals surface area contributed by atoms with Gasteiger partial charge in [0.1, 0.15) is 0 Å². The minimum Gasteiger partial charge on any atom is -0.480 e. The summed E-state index contributed by atoms with van der Waals surface area (Å²) in [6.45, 7) is 5.73. The average Bonchev–Trinajstić information content (AvgIpc) is 2.17. The molecule has 0 aliphatic heterocycles. The highest BCUT2D eigenvalue weighted by Crippen LogP contribution is 2.61. The van der Waals surface area contributed by atoms with Crippen molar-refractivity contribution in [2.45, 2.75) is 33.1 Å². The molecule has 3 rings (SSSR count). The topological polar surface area (TPSA) is 49.3 Å². The van der Waals surface area contributed by atoms with Crippen molar-refractivity contribution in [2.75, 3.05) is 13.1 Å². The van der Waals surface area contributed by atoms with E-state index in [-0.39, 0.29) is 6.54 Å². The monoisotopic (exact) mass is 211 g/mol. The summed E-state index contributed by atoms with van der Waals surface area (Å²) >= 11 is 0. The minimum atomic E-state index is -0.753. The molecule has 15 heavy (non-hydrogen) atoms. The lowest BCUT2D eigenvalue weighted by Crippen LogP contribution is -2.54. The molecule has 3 saturated carbocycles. The maximum Gasteiger partial charge on any atom is 0.317 e. The summed E-state index contributed by atoms with van der Waals surface area (Å²) in [5, 5.41) is 11.6. The molecule has 86 valence electrons. The zero-order valence-electron chi connectivity index (χ0n) is 9.62. The van der Waals surface area contributed by atoms with Crippen LogP contribution in [0.2, 0.25) is 0 Å². The molecule has 0 radical (unpaired) electrons. The van der Waals surface area contributed by atoms with Crippen LogP contribution in [0, 0.1) is 23.2 Å². The number of carboxylic acids is 1. The van der Waals surface area contributed by atoms with E-state index in [4.69, 9.17) is 5.11 Å². The molecule has 2 N–H and O–H groups in total. The van der Waals surface area contributed by atoms with Crippen LogP contribution in [0.15, 0.2) is 0 Å². The summed E-state index contributed by atoms with van der Waals surface area (Å²) in [6.07, 6.45) is 3.99. The Morgan fingerprint density at radius 3 is 2.73 bits per heavy atom. The number of hydrogen-bond acceptors (Lipinski definition) is 2. The third kappa shape index (κ3) is 1.89. The number of fused-ring (bicyclic) bond motifs is 2. The van der Waals surface area contributed by atoms with Crippen molar-refractivity contribution in [1.82, 2.24) is 5.32 Å². The SMILES string of the molecule is CC1(C)C2CCC(CNCC(=O)O)C1C2. The number of carbonyl (C=O) groups is 1. The van der Waals surface area contributed by atoms with Crippen molar-refractivity contribution in [3.8, 4) is 0 Å². The second-order valence-corrected chi connectivity index (χ2v) is 5.72. The summed E-state index contributed by atoms with van der Waals surface area (Å²) in [6, 6.07) is 0. The summed E-state index contributed by atoms with van der Waals surface area (Å²) in [5.41, 5.74) is 0.508. The first-order chi connectivity index (χ1) is 7.01. The van der Waals surface area contributed by atoms with Crippen LogP contribution in [0.25, 0.3) is 0 Å². The molecule has 3 atom stereocenters. The summed E-state index contributed by atoms with van der Waals surface area (Å²) in [5.74, 6) is 1.69. The predicted octanol–water partition coefficient (Wildman–Crippen LogP) is 1.73. The quantitative estimate of drug-likeness (QED) is 0.744. The fraction of sp³-hybridized carbons (Fsp3) is 0.917. The molecule has 0 spiro atoms. The maximum absolute atomic E-state index is 10.4. The predicted molar refractivity (Wildman–Crippen MR) is 58.6 cm³/mol. The van der Waals surface area contributed by atoms with Crippen molar-refractivity contribution in [3.63, 3.8) is 0 Å². The highest BCUT2D eigenvalue weighted by molar-refractivity contribution is 5.68. The third-order valence-electron chi connectivity index (χ3n) is 4.68. The standard InChI is InChI=1S/C12H21NO2/c1-12(2)9-4-3-8(10(12)5-9)6-13-7-11(14)15/h8-10,13H,3-7H2,1-2H3,(H,14,15). The van der Waals surface area contributed by atoms with Gasteiger partial charge >= 0.3 is 5.97 Å².